The second-order valence-electron chi connectivity index (χ2n) is 12.9. The number of carbonyl (C=O) groups is 4. The summed E-state index contributed by atoms with van der Waals surface area (Å²) in [7, 11) is 0. The van der Waals surface area contributed by atoms with Crippen molar-refractivity contribution in [3.05, 3.63) is 145 Å². The molecule has 0 radical (unpaired) electrons. The fraction of sp³-hybridized carbons (Fsp3) is 0.220. The van der Waals surface area contributed by atoms with Gasteiger partial charge in [0, 0.05) is 50.1 Å². The summed E-state index contributed by atoms with van der Waals surface area (Å²) in [6.45, 7) is 8.53. The number of aromatic hydroxyl groups is 3. The summed E-state index contributed by atoms with van der Waals surface area (Å²) in [4.78, 5) is 56.9. The molecule has 2 atom stereocenters. The summed E-state index contributed by atoms with van der Waals surface area (Å²) >= 11 is 0. The molecule has 7 heteroatoms. The molecule has 0 fully saturated rings. The first kappa shape index (κ1) is 32.4. The van der Waals surface area contributed by atoms with Crippen LogP contribution >= 0.6 is 0 Å². The van der Waals surface area contributed by atoms with Crippen molar-refractivity contribution in [2.75, 3.05) is 0 Å². The first-order valence-corrected chi connectivity index (χ1v) is 16.0. The number of fused-ring (bicyclic) bond motifs is 2. The monoisotopic (exact) mass is 640 g/mol. The zero-order valence-electron chi connectivity index (χ0n) is 27.5. The number of allylic oxidation sites excluding steroid dienone is 4. The van der Waals surface area contributed by atoms with Crippen LogP contribution in [0.3, 0.4) is 0 Å². The van der Waals surface area contributed by atoms with E-state index in [2.05, 4.69) is 0 Å². The minimum Gasteiger partial charge on any atom is -0.508 e. The number of Topliss-reactive ketones (excluding diaryl/α,β-unsaturated/α-hetero) is 4. The van der Waals surface area contributed by atoms with Crippen LogP contribution in [0.5, 0.6) is 17.2 Å². The highest BCUT2D eigenvalue weighted by Crippen LogP contribution is 2.45. The Morgan fingerprint density at radius 1 is 0.542 bits per heavy atom. The Hall–Kier alpha value is -5.56. The first-order valence-electron chi connectivity index (χ1n) is 16.0. The van der Waals surface area contributed by atoms with Gasteiger partial charge in [0.05, 0.1) is 0 Å². The van der Waals surface area contributed by atoms with E-state index in [-0.39, 0.29) is 74.1 Å². The SMILES string of the molecule is CC1=C(C2=C(C)C(=O)c3c(cc(O)c(O)c3CC(C)c3ccccc3)C2=O)C(=O)c2cc(O)c(C)c(CC(C)c3ccccc3)c2C1=O. The predicted molar refractivity (Wildman–Crippen MR) is 182 cm³/mol. The standard InChI is InChI=1S/C41H36O7/c1-20(25-12-8-6-9-13-25)16-27-22(3)31(42)18-29-35(27)37(44)23(4)33(40(29)47)34-24(5)38(45)36-28(17-21(2)26-14-10-7-11-15-26)39(46)32(43)19-30(36)41(34)48/h6-15,18-21,42-43,46H,16-17H2,1-5H3. The molecule has 4 aromatic carbocycles. The number of carbonyl (C=O) groups excluding carboxylic acids is 4. The molecule has 6 rings (SSSR count). The fourth-order valence-electron chi connectivity index (χ4n) is 7.09. The molecule has 0 saturated carbocycles. The second-order valence-corrected chi connectivity index (χ2v) is 12.9. The Morgan fingerprint density at radius 3 is 1.40 bits per heavy atom. The first-order chi connectivity index (χ1) is 22.8. The molecule has 3 N–H and O–H groups in total. The van der Waals surface area contributed by atoms with Crippen molar-refractivity contribution in [2.45, 2.75) is 59.3 Å². The third-order valence-electron chi connectivity index (χ3n) is 9.91. The van der Waals surface area contributed by atoms with E-state index < -0.39 is 34.6 Å². The number of phenolic OH excluding ortho intramolecular Hbond substituents is 3. The van der Waals surface area contributed by atoms with Crippen LogP contribution in [0.4, 0.5) is 0 Å². The van der Waals surface area contributed by atoms with Crippen LogP contribution in [0, 0.1) is 6.92 Å². The summed E-state index contributed by atoms with van der Waals surface area (Å²) in [6, 6.07) is 21.5. The molecule has 0 aromatic heterocycles. The van der Waals surface area contributed by atoms with E-state index in [1.54, 1.807) is 6.92 Å². The number of rotatable bonds is 7. The van der Waals surface area contributed by atoms with Crippen molar-refractivity contribution >= 4 is 23.1 Å². The summed E-state index contributed by atoms with van der Waals surface area (Å²) in [5.41, 5.74) is 2.69. The van der Waals surface area contributed by atoms with Gasteiger partial charge in [0.2, 0.25) is 0 Å². The van der Waals surface area contributed by atoms with Gasteiger partial charge in [-0.25, -0.2) is 0 Å². The topological polar surface area (TPSA) is 129 Å². The molecule has 0 heterocycles. The highest BCUT2D eigenvalue weighted by atomic mass is 16.3. The quantitative estimate of drug-likeness (QED) is 0.175. The molecule has 0 amide bonds. The van der Waals surface area contributed by atoms with Crippen molar-refractivity contribution in [1.29, 1.82) is 0 Å². The predicted octanol–water partition coefficient (Wildman–Crippen LogP) is 7.90. The molecule has 0 saturated heterocycles. The van der Waals surface area contributed by atoms with Gasteiger partial charge in [-0.1, -0.05) is 74.5 Å². The Labute approximate surface area is 278 Å². The highest BCUT2D eigenvalue weighted by molar-refractivity contribution is 6.37. The van der Waals surface area contributed by atoms with E-state index in [1.807, 2.05) is 74.5 Å². The molecular formula is C41H36O7. The molecule has 2 aliphatic rings. The lowest BCUT2D eigenvalue weighted by molar-refractivity contribution is 0.0951. The van der Waals surface area contributed by atoms with Gasteiger partial charge in [-0.3, -0.25) is 19.2 Å². The molecule has 2 aliphatic carbocycles. The van der Waals surface area contributed by atoms with Crippen LogP contribution in [0.2, 0.25) is 0 Å². The molecule has 2 unspecified atom stereocenters. The Morgan fingerprint density at radius 2 is 0.938 bits per heavy atom. The maximum absolute atomic E-state index is 14.3. The lowest BCUT2D eigenvalue weighted by atomic mass is 9.72. The van der Waals surface area contributed by atoms with Crippen LogP contribution in [0.25, 0.3) is 0 Å². The molecule has 48 heavy (non-hydrogen) atoms. The van der Waals surface area contributed by atoms with E-state index in [0.29, 0.717) is 17.5 Å². The summed E-state index contributed by atoms with van der Waals surface area (Å²) in [5, 5.41) is 32.6. The van der Waals surface area contributed by atoms with Crippen LogP contribution in [0.15, 0.2) is 95.1 Å². The molecule has 4 aromatic rings. The van der Waals surface area contributed by atoms with Crippen LogP contribution < -0.4 is 0 Å². The van der Waals surface area contributed by atoms with Crippen LogP contribution in [-0.4, -0.2) is 38.5 Å². The van der Waals surface area contributed by atoms with Crippen LogP contribution in [0.1, 0.15) is 109 Å². The average Bonchev–Trinajstić information content (AvgIpc) is 3.08. The van der Waals surface area contributed by atoms with E-state index in [9.17, 15) is 34.5 Å². The van der Waals surface area contributed by atoms with E-state index in [4.69, 9.17) is 0 Å². The number of ketones is 4. The van der Waals surface area contributed by atoms with Gasteiger partial charge in [-0.05, 0) is 79.8 Å². The van der Waals surface area contributed by atoms with Gasteiger partial charge in [-0.15, -0.1) is 0 Å². The number of phenols is 3. The molecule has 0 spiro atoms. The second kappa shape index (κ2) is 12.2. The molecule has 0 bridgehead atoms. The van der Waals surface area contributed by atoms with Crippen molar-refractivity contribution in [2.24, 2.45) is 0 Å². The van der Waals surface area contributed by atoms with Crippen molar-refractivity contribution < 1.29 is 34.5 Å². The normalized spacial score (nSPS) is 15.9. The molecule has 242 valence electrons. The maximum Gasteiger partial charge on any atom is 0.195 e. The molecular weight excluding hydrogens is 604 g/mol. The Kier molecular flexibility index (Phi) is 8.25. The van der Waals surface area contributed by atoms with Gasteiger partial charge < -0.3 is 15.3 Å². The third-order valence-corrected chi connectivity index (χ3v) is 9.91. The molecule has 7 nitrogen and oxygen atoms in total. The zero-order valence-corrected chi connectivity index (χ0v) is 27.5. The molecule has 0 aliphatic heterocycles. The number of benzene rings is 4. The fourth-order valence-corrected chi connectivity index (χ4v) is 7.09. The summed E-state index contributed by atoms with van der Waals surface area (Å²) in [6.07, 6.45) is 0.539. The van der Waals surface area contributed by atoms with Crippen molar-refractivity contribution in [1.82, 2.24) is 0 Å². The van der Waals surface area contributed by atoms with Gasteiger partial charge in [0.15, 0.2) is 34.6 Å². The Bertz CT molecular complexity index is 1960. The largest absolute Gasteiger partial charge is 0.508 e. The van der Waals surface area contributed by atoms with E-state index >= 15 is 0 Å². The number of hydrogen-bond acceptors (Lipinski definition) is 7. The number of hydrogen-bond donors (Lipinski definition) is 3. The van der Waals surface area contributed by atoms with Crippen LogP contribution in [-0.2, 0) is 12.8 Å². The lowest BCUT2D eigenvalue weighted by Gasteiger charge is -2.29. The maximum atomic E-state index is 14.3. The van der Waals surface area contributed by atoms with Gasteiger partial charge in [-0.2, -0.15) is 0 Å². The van der Waals surface area contributed by atoms with E-state index in [1.165, 1.54) is 19.9 Å². The smallest absolute Gasteiger partial charge is 0.195 e. The minimum atomic E-state index is -0.709. The highest BCUT2D eigenvalue weighted by Gasteiger charge is 2.42. The minimum absolute atomic E-state index is 0.0195. The average molecular weight is 641 g/mol. The van der Waals surface area contributed by atoms with Gasteiger partial charge in [0.25, 0.3) is 0 Å². The third kappa shape index (κ3) is 5.16. The zero-order chi connectivity index (χ0) is 34.6. The summed E-state index contributed by atoms with van der Waals surface area (Å²) < 4.78 is 0. The lowest BCUT2D eigenvalue weighted by Crippen LogP contribution is -2.30. The van der Waals surface area contributed by atoms with Gasteiger partial charge in [0.1, 0.15) is 5.75 Å². The van der Waals surface area contributed by atoms with E-state index in [0.717, 1.165) is 17.2 Å². The summed E-state index contributed by atoms with van der Waals surface area (Å²) in [5.74, 6) is -3.81. The van der Waals surface area contributed by atoms with Gasteiger partial charge >= 0.3 is 0 Å². The Balaban J connectivity index is 1.46. The van der Waals surface area contributed by atoms with Crippen molar-refractivity contribution in [3.63, 3.8) is 0 Å². The van der Waals surface area contributed by atoms with Crippen molar-refractivity contribution in [3.8, 4) is 17.2 Å².